The van der Waals surface area contributed by atoms with E-state index in [0.29, 0.717) is 49.1 Å². The van der Waals surface area contributed by atoms with Gasteiger partial charge in [-0.1, -0.05) is 12.1 Å². The molecule has 0 spiro atoms. The van der Waals surface area contributed by atoms with Crippen LogP contribution in [-0.4, -0.2) is 52.0 Å². The van der Waals surface area contributed by atoms with Crippen LogP contribution in [0.15, 0.2) is 36.4 Å². The molecule has 1 amide bonds. The number of alkyl halides is 3. The smallest absolute Gasteiger partial charge is 0.477 e. The van der Waals surface area contributed by atoms with Crippen LogP contribution in [0.3, 0.4) is 0 Å². The van der Waals surface area contributed by atoms with Crippen LogP contribution in [0.4, 0.5) is 13.2 Å². The number of carboxylic acids is 1. The van der Waals surface area contributed by atoms with Crippen molar-refractivity contribution < 1.29 is 37.7 Å². The summed E-state index contributed by atoms with van der Waals surface area (Å²) in [6.07, 6.45) is -1.71. The summed E-state index contributed by atoms with van der Waals surface area (Å²) in [7, 11) is 0. The first kappa shape index (κ1) is 25.0. The highest BCUT2D eigenvalue weighted by atomic mass is 32.1. The molecule has 1 aromatic heterocycles. The van der Waals surface area contributed by atoms with Crippen molar-refractivity contribution in [3.8, 4) is 5.75 Å². The van der Waals surface area contributed by atoms with E-state index in [1.165, 1.54) is 29.5 Å². The lowest BCUT2D eigenvalue weighted by Gasteiger charge is -2.25. The summed E-state index contributed by atoms with van der Waals surface area (Å²) in [6.45, 7) is 0.566. The molecule has 33 heavy (non-hydrogen) atoms. The number of benzene rings is 1. The summed E-state index contributed by atoms with van der Waals surface area (Å²) in [5.41, 5.74) is 0.542. The van der Waals surface area contributed by atoms with Crippen molar-refractivity contribution in [3.05, 3.63) is 51.7 Å². The fraction of sp³-hybridized carbons (Fsp3) is 0.478. The molecule has 0 unspecified atom stereocenters. The summed E-state index contributed by atoms with van der Waals surface area (Å²) in [5.74, 6) is -1.19. The van der Waals surface area contributed by atoms with Crippen LogP contribution in [0.5, 0.6) is 5.75 Å². The number of aliphatic hydroxyl groups is 1. The number of amides is 1. The number of aryl methyl sites for hydroxylation is 1. The molecule has 2 atom stereocenters. The van der Waals surface area contributed by atoms with E-state index in [0.717, 1.165) is 11.3 Å². The van der Waals surface area contributed by atoms with E-state index in [1.807, 2.05) is 4.90 Å². The standard InChI is InChI=1S/C23H26F3NO5S/c24-23(25,26)32-18-4-1-3-15(14-18)13-17(28)8-6-16-7-11-21(29)27(16)12-2-5-19-9-10-20(33-19)22(30)31/h1,3-4,9-10,14,16-17,28H,2,5-8,11-13H2,(H,30,31)/t16-,17+/m0/s1. The van der Waals surface area contributed by atoms with Crippen LogP contribution in [0.25, 0.3) is 0 Å². The molecule has 1 aromatic carbocycles. The van der Waals surface area contributed by atoms with Crippen molar-refractivity contribution in [1.82, 2.24) is 4.90 Å². The Kier molecular flexibility index (Phi) is 8.36. The zero-order valence-corrected chi connectivity index (χ0v) is 18.7. The Bertz CT molecular complexity index is 962. The normalized spacial score (nSPS) is 17.4. The Morgan fingerprint density at radius 1 is 1.27 bits per heavy atom. The molecule has 2 aromatic rings. The molecule has 1 aliphatic heterocycles. The van der Waals surface area contributed by atoms with Crippen molar-refractivity contribution >= 4 is 23.2 Å². The van der Waals surface area contributed by atoms with Gasteiger partial charge in [-0.15, -0.1) is 24.5 Å². The number of carbonyl (C=O) groups excluding carboxylic acids is 1. The number of rotatable bonds is 11. The molecular formula is C23H26F3NO5S. The average molecular weight is 486 g/mol. The molecule has 0 bridgehead atoms. The molecule has 180 valence electrons. The SMILES string of the molecule is O=C(O)c1ccc(CCCN2C(=O)CC[C@@H]2CC[C@@H](O)Cc2cccc(OC(F)(F)F)c2)s1. The van der Waals surface area contributed by atoms with Gasteiger partial charge in [0.1, 0.15) is 10.6 Å². The summed E-state index contributed by atoms with van der Waals surface area (Å²) in [4.78, 5) is 26.4. The van der Waals surface area contributed by atoms with E-state index in [4.69, 9.17) is 5.11 Å². The van der Waals surface area contributed by atoms with Gasteiger partial charge in [0.05, 0.1) is 6.10 Å². The molecule has 2 N–H and O–H groups in total. The third-order valence-corrected chi connectivity index (χ3v) is 6.72. The maximum atomic E-state index is 12.4. The van der Waals surface area contributed by atoms with Crippen molar-refractivity contribution in [2.45, 2.75) is 63.5 Å². The van der Waals surface area contributed by atoms with Crippen molar-refractivity contribution in [2.75, 3.05) is 6.54 Å². The molecule has 1 fully saturated rings. The maximum Gasteiger partial charge on any atom is 0.573 e. The van der Waals surface area contributed by atoms with E-state index in [-0.39, 0.29) is 24.1 Å². The number of nitrogens with zero attached hydrogens (tertiary/aromatic N) is 1. The molecule has 0 aliphatic carbocycles. The second kappa shape index (κ2) is 11.0. The third kappa shape index (κ3) is 7.75. The van der Waals surface area contributed by atoms with Gasteiger partial charge < -0.3 is 19.8 Å². The van der Waals surface area contributed by atoms with Gasteiger partial charge in [0.15, 0.2) is 0 Å². The number of ether oxygens (including phenoxy) is 1. The van der Waals surface area contributed by atoms with Gasteiger partial charge in [0, 0.05) is 23.9 Å². The highest BCUT2D eigenvalue weighted by molar-refractivity contribution is 7.13. The molecule has 10 heteroatoms. The first-order valence-corrected chi connectivity index (χ1v) is 11.6. The zero-order chi connectivity index (χ0) is 24.0. The van der Waals surface area contributed by atoms with Gasteiger partial charge in [0.25, 0.3) is 0 Å². The number of likely N-dealkylation sites (tertiary alicyclic amines) is 1. The van der Waals surface area contributed by atoms with E-state index in [2.05, 4.69) is 4.74 Å². The van der Waals surface area contributed by atoms with Gasteiger partial charge in [-0.2, -0.15) is 0 Å². The zero-order valence-electron chi connectivity index (χ0n) is 17.9. The van der Waals surface area contributed by atoms with Gasteiger partial charge in [-0.3, -0.25) is 4.79 Å². The van der Waals surface area contributed by atoms with Crippen molar-refractivity contribution in [2.24, 2.45) is 0 Å². The Labute approximate surface area is 193 Å². The van der Waals surface area contributed by atoms with Gasteiger partial charge >= 0.3 is 12.3 Å². The number of aliphatic hydroxyl groups excluding tert-OH is 1. The maximum absolute atomic E-state index is 12.4. The van der Waals surface area contributed by atoms with Crippen LogP contribution >= 0.6 is 11.3 Å². The Morgan fingerprint density at radius 3 is 2.76 bits per heavy atom. The summed E-state index contributed by atoms with van der Waals surface area (Å²) >= 11 is 1.24. The molecule has 3 rings (SSSR count). The quantitative estimate of drug-likeness (QED) is 0.484. The Morgan fingerprint density at radius 2 is 2.06 bits per heavy atom. The lowest BCUT2D eigenvalue weighted by atomic mass is 10.0. The Hall–Kier alpha value is -2.59. The predicted molar refractivity (Wildman–Crippen MR) is 116 cm³/mol. The minimum atomic E-state index is -4.77. The van der Waals surface area contributed by atoms with Gasteiger partial charge in [-0.05, 0) is 68.4 Å². The lowest BCUT2D eigenvalue weighted by molar-refractivity contribution is -0.274. The second-order valence-corrected chi connectivity index (χ2v) is 9.25. The number of thiophene rings is 1. The molecule has 0 radical (unpaired) electrons. The van der Waals surface area contributed by atoms with Crippen LogP contribution in [-0.2, 0) is 17.6 Å². The molecular weight excluding hydrogens is 459 g/mol. The predicted octanol–water partition coefficient (Wildman–Crippen LogP) is 4.65. The number of hydrogen-bond acceptors (Lipinski definition) is 5. The van der Waals surface area contributed by atoms with Crippen LogP contribution in [0, 0.1) is 0 Å². The van der Waals surface area contributed by atoms with Crippen LogP contribution in [0.1, 0.15) is 52.2 Å². The molecule has 1 saturated heterocycles. The first-order chi connectivity index (χ1) is 15.6. The van der Waals surface area contributed by atoms with E-state index < -0.39 is 18.4 Å². The highest BCUT2D eigenvalue weighted by Crippen LogP contribution is 2.27. The van der Waals surface area contributed by atoms with E-state index in [1.54, 1.807) is 18.2 Å². The molecule has 2 heterocycles. The molecule has 6 nitrogen and oxygen atoms in total. The summed E-state index contributed by atoms with van der Waals surface area (Å²) in [5, 5.41) is 19.4. The average Bonchev–Trinajstić information content (AvgIpc) is 3.33. The summed E-state index contributed by atoms with van der Waals surface area (Å²) < 4.78 is 41.1. The van der Waals surface area contributed by atoms with E-state index in [9.17, 15) is 27.9 Å². The van der Waals surface area contributed by atoms with E-state index >= 15 is 0 Å². The fourth-order valence-corrected chi connectivity index (χ4v) is 4.97. The minimum absolute atomic E-state index is 0.0185. The molecule has 0 saturated carbocycles. The topological polar surface area (TPSA) is 87.1 Å². The van der Waals surface area contributed by atoms with Crippen LogP contribution in [0.2, 0.25) is 0 Å². The lowest BCUT2D eigenvalue weighted by Crippen LogP contribution is -2.34. The number of carbonyl (C=O) groups is 2. The molecule has 1 aliphatic rings. The fourth-order valence-electron chi connectivity index (χ4n) is 4.08. The highest BCUT2D eigenvalue weighted by Gasteiger charge is 2.32. The number of hydrogen-bond donors (Lipinski definition) is 2. The van der Waals surface area contributed by atoms with Crippen molar-refractivity contribution in [1.29, 1.82) is 0 Å². The minimum Gasteiger partial charge on any atom is -0.477 e. The number of carboxylic acid groups (broad SMARTS) is 1. The van der Waals surface area contributed by atoms with Gasteiger partial charge in [-0.25, -0.2) is 4.79 Å². The monoisotopic (exact) mass is 485 g/mol. The van der Waals surface area contributed by atoms with Gasteiger partial charge in [0.2, 0.25) is 5.91 Å². The Balaban J connectivity index is 1.45. The largest absolute Gasteiger partial charge is 0.573 e. The summed E-state index contributed by atoms with van der Waals surface area (Å²) in [6, 6.07) is 8.96. The third-order valence-electron chi connectivity index (χ3n) is 5.58. The van der Waals surface area contributed by atoms with Crippen LogP contribution < -0.4 is 4.74 Å². The number of aromatic carboxylic acids is 1. The second-order valence-electron chi connectivity index (χ2n) is 8.08. The van der Waals surface area contributed by atoms with Crippen molar-refractivity contribution in [3.63, 3.8) is 0 Å². The first-order valence-electron chi connectivity index (χ1n) is 10.7. The number of halogens is 3.